The summed E-state index contributed by atoms with van der Waals surface area (Å²) in [4.78, 5) is 6.74. The summed E-state index contributed by atoms with van der Waals surface area (Å²) in [5, 5.41) is 0.160. The molecule has 0 unspecified atom stereocenters. The van der Waals surface area contributed by atoms with E-state index in [0.29, 0.717) is 18.3 Å². The van der Waals surface area contributed by atoms with Gasteiger partial charge in [0.1, 0.15) is 5.82 Å². The summed E-state index contributed by atoms with van der Waals surface area (Å²) in [5.41, 5.74) is 0.135. The number of aryl methyl sites for hydroxylation is 1. The molecule has 1 saturated carbocycles. The predicted octanol–water partition coefficient (Wildman–Crippen LogP) is 2.60. The SMILES string of the molecule is Cc1ncc(S(=O)(=O)NCC2(CC(C)C)CCCC2)[nH]1. The first-order valence-corrected chi connectivity index (χ1v) is 8.83. The Hall–Kier alpha value is -0.880. The molecule has 1 fully saturated rings. The molecule has 20 heavy (non-hydrogen) atoms. The Morgan fingerprint density at radius 1 is 1.40 bits per heavy atom. The van der Waals surface area contributed by atoms with E-state index in [2.05, 4.69) is 28.5 Å². The van der Waals surface area contributed by atoms with E-state index in [4.69, 9.17) is 0 Å². The van der Waals surface area contributed by atoms with Crippen molar-refractivity contribution < 1.29 is 8.42 Å². The van der Waals surface area contributed by atoms with Crippen LogP contribution in [0.25, 0.3) is 0 Å². The van der Waals surface area contributed by atoms with Gasteiger partial charge in [0, 0.05) is 6.54 Å². The number of sulfonamides is 1. The molecule has 0 spiro atoms. The highest BCUT2D eigenvalue weighted by atomic mass is 32.2. The second-order valence-corrected chi connectivity index (χ2v) is 8.20. The second-order valence-electron chi connectivity index (χ2n) is 6.46. The third-order valence-corrected chi connectivity index (χ3v) is 5.42. The Balaban J connectivity index is 2.06. The molecule has 1 aliphatic carbocycles. The lowest BCUT2D eigenvalue weighted by molar-refractivity contribution is 0.236. The van der Waals surface area contributed by atoms with Crippen molar-refractivity contribution in [2.24, 2.45) is 11.3 Å². The van der Waals surface area contributed by atoms with Crippen LogP contribution in [0, 0.1) is 18.3 Å². The molecule has 0 atom stereocenters. The Labute approximate surface area is 121 Å². The molecule has 0 aromatic carbocycles. The third kappa shape index (κ3) is 3.61. The van der Waals surface area contributed by atoms with Gasteiger partial charge < -0.3 is 4.98 Å². The zero-order valence-electron chi connectivity index (χ0n) is 12.6. The van der Waals surface area contributed by atoms with E-state index in [1.54, 1.807) is 6.92 Å². The maximum absolute atomic E-state index is 12.2. The monoisotopic (exact) mass is 299 g/mol. The lowest BCUT2D eigenvalue weighted by atomic mass is 9.79. The molecule has 5 nitrogen and oxygen atoms in total. The molecule has 6 heteroatoms. The van der Waals surface area contributed by atoms with Crippen LogP contribution in [0.1, 0.15) is 51.8 Å². The van der Waals surface area contributed by atoms with Crippen molar-refractivity contribution in [3.8, 4) is 0 Å². The topological polar surface area (TPSA) is 74.8 Å². The van der Waals surface area contributed by atoms with Gasteiger partial charge in [0.05, 0.1) is 6.20 Å². The fourth-order valence-corrected chi connectivity index (χ4v) is 4.43. The van der Waals surface area contributed by atoms with E-state index < -0.39 is 10.0 Å². The molecule has 0 aliphatic heterocycles. The first-order chi connectivity index (χ1) is 9.33. The van der Waals surface area contributed by atoms with Crippen LogP contribution in [-0.2, 0) is 10.0 Å². The van der Waals surface area contributed by atoms with Gasteiger partial charge in [-0.05, 0) is 37.5 Å². The summed E-state index contributed by atoms with van der Waals surface area (Å²) in [7, 11) is -3.47. The molecule has 1 heterocycles. The number of hydrogen-bond acceptors (Lipinski definition) is 3. The van der Waals surface area contributed by atoms with Crippen molar-refractivity contribution in [3.05, 3.63) is 12.0 Å². The maximum Gasteiger partial charge on any atom is 0.257 e. The number of H-pyrrole nitrogens is 1. The van der Waals surface area contributed by atoms with Crippen molar-refractivity contribution in [1.29, 1.82) is 0 Å². The maximum atomic E-state index is 12.2. The minimum absolute atomic E-state index is 0.135. The molecule has 114 valence electrons. The highest BCUT2D eigenvalue weighted by Gasteiger charge is 2.35. The van der Waals surface area contributed by atoms with Crippen LogP contribution in [0.3, 0.4) is 0 Å². The van der Waals surface area contributed by atoms with Crippen LogP contribution >= 0.6 is 0 Å². The number of imidazole rings is 1. The zero-order valence-corrected chi connectivity index (χ0v) is 13.4. The Morgan fingerprint density at radius 3 is 2.55 bits per heavy atom. The number of nitrogens with zero attached hydrogens (tertiary/aromatic N) is 1. The standard InChI is InChI=1S/C14H25N3O2S/c1-11(2)8-14(6-4-5-7-14)10-16-20(18,19)13-9-15-12(3)17-13/h9,11,16H,4-8,10H2,1-3H3,(H,15,17). The smallest absolute Gasteiger partial charge is 0.257 e. The average molecular weight is 299 g/mol. The molecule has 2 rings (SSSR count). The minimum Gasteiger partial charge on any atom is -0.332 e. The minimum atomic E-state index is -3.47. The lowest BCUT2D eigenvalue weighted by Gasteiger charge is -2.31. The summed E-state index contributed by atoms with van der Waals surface area (Å²) in [6.45, 7) is 6.68. The summed E-state index contributed by atoms with van der Waals surface area (Å²) in [5.74, 6) is 1.20. The molecular weight excluding hydrogens is 274 g/mol. The lowest BCUT2D eigenvalue weighted by Crippen LogP contribution is -2.37. The molecular formula is C14H25N3O2S. The molecule has 0 bridgehead atoms. The van der Waals surface area contributed by atoms with Crippen LogP contribution in [0.5, 0.6) is 0 Å². The van der Waals surface area contributed by atoms with Gasteiger partial charge in [-0.1, -0.05) is 26.7 Å². The summed E-state index contributed by atoms with van der Waals surface area (Å²) in [6, 6.07) is 0. The van der Waals surface area contributed by atoms with Crippen LogP contribution in [0.2, 0.25) is 0 Å². The molecule has 0 radical (unpaired) electrons. The van der Waals surface area contributed by atoms with Gasteiger partial charge in [-0.3, -0.25) is 0 Å². The van der Waals surface area contributed by atoms with Crippen molar-refractivity contribution in [2.45, 2.75) is 57.9 Å². The predicted molar refractivity (Wildman–Crippen MR) is 78.9 cm³/mol. The summed E-state index contributed by atoms with van der Waals surface area (Å²) < 4.78 is 27.3. The normalized spacial score (nSPS) is 18.8. The molecule has 2 N–H and O–H groups in total. The van der Waals surface area contributed by atoms with Gasteiger partial charge in [0.15, 0.2) is 5.03 Å². The molecule has 1 aliphatic rings. The van der Waals surface area contributed by atoms with Crippen molar-refractivity contribution in [2.75, 3.05) is 6.54 Å². The highest BCUT2D eigenvalue weighted by Crippen LogP contribution is 2.42. The van der Waals surface area contributed by atoms with Crippen molar-refractivity contribution in [1.82, 2.24) is 14.7 Å². The van der Waals surface area contributed by atoms with E-state index in [1.165, 1.54) is 19.0 Å². The van der Waals surface area contributed by atoms with E-state index in [1.807, 2.05) is 0 Å². The van der Waals surface area contributed by atoms with Gasteiger partial charge in [-0.15, -0.1) is 0 Å². The van der Waals surface area contributed by atoms with E-state index >= 15 is 0 Å². The van der Waals surface area contributed by atoms with E-state index in [-0.39, 0.29) is 10.4 Å². The Morgan fingerprint density at radius 2 is 2.05 bits per heavy atom. The number of nitrogens with one attached hydrogen (secondary N) is 2. The number of hydrogen-bond donors (Lipinski definition) is 2. The van der Waals surface area contributed by atoms with Gasteiger partial charge in [0.25, 0.3) is 10.0 Å². The number of aromatic amines is 1. The Bertz CT molecular complexity index is 543. The van der Waals surface area contributed by atoms with E-state index in [0.717, 1.165) is 19.3 Å². The van der Waals surface area contributed by atoms with Crippen LogP contribution in [0.4, 0.5) is 0 Å². The average Bonchev–Trinajstić information content (AvgIpc) is 2.96. The fourth-order valence-electron chi connectivity index (χ4n) is 3.30. The van der Waals surface area contributed by atoms with Gasteiger partial charge in [-0.2, -0.15) is 0 Å². The van der Waals surface area contributed by atoms with Crippen LogP contribution in [0.15, 0.2) is 11.2 Å². The van der Waals surface area contributed by atoms with Gasteiger partial charge in [-0.25, -0.2) is 18.1 Å². The largest absolute Gasteiger partial charge is 0.332 e. The zero-order chi connectivity index (χ0) is 14.8. The van der Waals surface area contributed by atoms with Gasteiger partial charge in [0.2, 0.25) is 0 Å². The first kappa shape index (κ1) is 15.5. The van der Waals surface area contributed by atoms with Crippen LogP contribution < -0.4 is 4.72 Å². The van der Waals surface area contributed by atoms with E-state index in [9.17, 15) is 8.42 Å². The number of rotatable bonds is 6. The molecule has 0 amide bonds. The molecule has 1 aromatic rings. The summed E-state index contributed by atoms with van der Waals surface area (Å²) in [6.07, 6.45) is 7.11. The Kier molecular flexibility index (Phi) is 4.54. The summed E-state index contributed by atoms with van der Waals surface area (Å²) >= 11 is 0. The molecule has 1 aromatic heterocycles. The molecule has 0 saturated heterocycles. The van der Waals surface area contributed by atoms with Crippen molar-refractivity contribution in [3.63, 3.8) is 0 Å². The highest BCUT2D eigenvalue weighted by molar-refractivity contribution is 7.89. The second kappa shape index (κ2) is 5.85. The number of aromatic nitrogens is 2. The fraction of sp³-hybridized carbons (Fsp3) is 0.786. The quantitative estimate of drug-likeness (QED) is 0.848. The van der Waals surface area contributed by atoms with Gasteiger partial charge >= 0.3 is 0 Å². The van der Waals surface area contributed by atoms with Crippen molar-refractivity contribution >= 4 is 10.0 Å². The van der Waals surface area contributed by atoms with Crippen LogP contribution in [-0.4, -0.2) is 24.9 Å². The first-order valence-electron chi connectivity index (χ1n) is 7.34. The third-order valence-electron chi connectivity index (χ3n) is 4.11.